The molecule has 3 aliphatic carbocycles. The van der Waals surface area contributed by atoms with Crippen LogP contribution in [0.5, 0.6) is 5.75 Å². The number of rotatable bonds is 3. The van der Waals surface area contributed by atoms with Crippen molar-refractivity contribution in [2.24, 2.45) is 0 Å². The summed E-state index contributed by atoms with van der Waals surface area (Å²) in [7, 11) is 0. The Morgan fingerprint density at radius 3 is 2.40 bits per heavy atom. The van der Waals surface area contributed by atoms with Gasteiger partial charge in [-0.2, -0.15) is 10.5 Å². The maximum Gasteiger partial charge on any atom is 0.159 e. The Balaban J connectivity index is 1.10. The third kappa shape index (κ3) is 4.30. The lowest BCUT2D eigenvalue weighted by atomic mass is 9.83. The Hall–Kier alpha value is -7.28. The molecule has 12 rings (SSSR count). The Kier molecular flexibility index (Phi) is 6.87. The largest absolute Gasteiger partial charge is 0.483 e. The molecule has 0 saturated carbocycles. The molecular formula is C52H36N4O2. The number of allylic oxidation sites excluding steroid dienone is 5. The van der Waals surface area contributed by atoms with E-state index in [-0.39, 0.29) is 12.0 Å². The number of aromatic nitrogens is 2. The second-order valence-corrected chi connectivity index (χ2v) is 15.9. The van der Waals surface area contributed by atoms with Gasteiger partial charge in [-0.1, -0.05) is 96.6 Å². The molecule has 0 spiro atoms. The van der Waals surface area contributed by atoms with Crippen LogP contribution in [0.1, 0.15) is 88.7 Å². The van der Waals surface area contributed by atoms with Gasteiger partial charge >= 0.3 is 0 Å². The standard InChI is InChI=1S/C52H36N4O2/c1-3-10-34-29(2)55(49-38(34)19-21-40-47-35-13-6-4-11-30(35)17-23-45(47)57-51(40)49)43-25-33(28-54)44(26-32(43)27-53)56-42-16-9-8-15-37(42)39-20-22-41-48-36-14-7-5-12-31(36)18-24-46(48)58-52(41)50(39)56/h3,5-10,12-16,18-22,24-26,41,52H,4,11,17,23H2,1-2H3/b10-3-. The first-order valence-electron chi connectivity index (χ1n) is 20.2. The second-order valence-electron chi connectivity index (χ2n) is 15.9. The van der Waals surface area contributed by atoms with E-state index in [1.54, 1.807) is 0 Å². The average Bonchev–Trinajstić information content (AvgIpc) is 4.01. The van der Waals surface area contributed by atoms with E-state index in [2.05, 4.69) is 131 Å². The first-order valence-corrected chi connectivity index (χ1v) is 20.2. The van der Waals surface area contributed by atoms with Gasteiger partial charge < -0.3 is 18.3 Å². The first-order chi connectivity index (χ1) is 28.6. The summed E-state index contributed by atoms with van der Waals surface area (Å²) in [6.07, 6.45) is 16.9. The number of benzene rings is 5. The van der Waals surface area contributed by atoms with Crippen molar-refractivity contribution >= 4 is 61.3 Å². The van der Waals surface area contributed by atoms with E-state index in [0.29, 0.717) is 22.5 Å². The highest BCUT2D eigenvalue weighted by Gasteiger charge is 2.42. The highest BCUT2D eigenvalue weighted by Crippen LogP contribution is 2.55. The van der Waals surface area contributed by atoms with Crippen LogP contribution in [0.25, 0.3) is 72.6 Å². The molecular weight excluding hydrogens is 713 g/mol. The topological polar surface area (TPSA) is 79.8 Å². The molecule has 4 heterocycles. The Labute approximate surface area is 335 Å². The van der Waals surface area contributed by atoms with Gasteiger partial charge in [0.25, 0.3) is 0 Å². The van der Waals surface area contributed by atoms with Gasteiger partial charge in [0, 0.05) is 56.4 Å². The van der Waals surface area contributed by atoms with E-state index in [9.17, 15) is 10.5 Å². The Morgan fingerprint density at radius 1 is 0.793 bits per heavy atom. The fraction of sp³-hybridized carbons (Fsp3) is 0.154. The van der Waals surface area contributed by atoms with E-state index in [0.717, 1.165) is 92.5 Å². The molecule has 0 saturated heterocycles. The van der Waals surface area contributed by atoms with Gasteiger partial charge in [-0.25, -0.2) is 0 Å². The minimum atomic E-state index is -0.322. The smallest absolute Gasteiger partial charge is 0.159 e. The molecule has 3 aromatic heterocycles. The van der Waals surface area contributed by atoms with Gasteiger partial charge in [0.15, 0.2) is 5.58 Å². The van der Waals surface area contributed by atoms with Gasteiger partial charge in [-0.3, -0.25) is 0 Å². The molecule has 8 aromatic rings. The SMILES string of the molecule is C/C=C\c1c(C)n(-c2cc(C#N)c(-n3c4c(c5ccccc53)C=CC3c5c(ccc6ccccc56)OC43)cc2C#N)c2c1ccc1c3c(oc12)CCC1=C3C=CCC1. The number of nitriles is 2. The molecule has 5 aromatic carbocycles. The van der Waals surface area contributed by atoms with Crippen LogP contribution in [0.3, 0.4) is 0 Å². The van der Waals surface area contributed by atoms with Crippen LogP contribution in [0.4, 0.5) is 0 Å². The van der Waals surface area contributed by atoms with Crippen molar-refractivity contribution < 1.29 is 9.15 Å². The molecule has 58 heavy (non-hydrogen) atoms. The van der Waals surface area contributed by atoms with Crippen molar-refractivity contribution in [2.45, 2.75) is 51.6 Å². The Bertz CT molecular complexity index is 3380. The second kappa shape index (κ2) is 12.1. The molecule has 1 aliphatic heterocycles. The fourth-order valence-corrected chi connectivity index (χ4v) is 10.6. The maximum absolute atomic E-state index is 11.1. The lowest BCUT2D eigenvalue weighted by molar-refractivity contribution is 0.216. The van der Waals surface area contributed by atoms with Crippen molar-refractivity contribution in [3.8, 4) is 29.3 Å². The van der Waals surface area contributed by atoms with Crippen LogP contribution in [-0.2, 0) is 6.42 Å². The lowest BCUT2D eigenvalue weighted by Crippen LogP contribution is -2.17. The zero-order chi connectivity index (χ0) is 38.8. The van der Waals surface area contributed by atoms with E-state index in [1.807, 2.05) is 25.1 Å². The van der Waals surface area contributed by atoms with Gasteiger partial charge in [0.05, 0.1) is 39.2 Å². The van der Waals surface area contributed by atoms with Crippen LogP contribution < -0.4 is 4.74 Å². The van der Waals surface area contributed by atoms with Crippen LogP contribution in [-0.4, -0.2) is 9.13 Å². The van der Waals surface area contributed by atoms with Crippen LogP contribution in [0.15, 0.2) is 119 Å². The molecule has 4 aliphatic rings. The summed E-state index contributed by atoms with van der Waals surface area (Å²) >= 11 is 0. The number of hydrogen-bond donors (Lipinski definition) is 0. The third-order valence-corrected chi connectivity index (χ3v) is 13.1. The number of para-hydroxylation sites is 1. The zero-order valence-electron chi connectivity index (χ0n) is 32.1. The molecule has 0 bridgehead atoms. The van der Waals surface area contributed by atoms with Gasteiger partial charge in [0.1, 0.15) is 29.8 Å². The molecule has 0 fully saturated rings. The van der Waals surface area contributed by atoms with Gasteiger partial charge in [0.2, 0.25) is 0 Å². The van der Waals surface area contributed by atoms with Crippen LogP contribution in [0.2, 0.25) is 0 Å². The third-order valence-electron chi connectivity index (χ3n) is 13.1. The van der Waals surface area contributed by atoms with E-state index >= 15 is 0 Å². The molecule has 2 unspecified atom stereocenters. The highest BCUT2D eigenvalue weighted by molar-refractivity contribution is 6.12. The summed E-state index contributed by atoms with van der Waals surface area (Å²) in [5.74, 6) is 1.87. The number of aryl methyl sites for hydroxylation is 1. The van der Waals surface area contributed by atoms with E-state index in [1.165, 1.54) is 33.0 Å². The normalized spacial score (nSPS) is 17.7. The highest BCUT2D eigenvalue weighted by atomic mass is 16.5. The predicted molar refractivity (Wildman–Crippen MR) is 231 cm³/mol. The quantitative estimate of drug-likeness (QED) is 0.180. The van der Waals surface area contributed by atoms with Gasteiger partial charge in [-0.05, 0) is 79.8 Å². The number of furan rings is 1. The summed E-state index contributed by atoms with van der Waals surface area (Å²) < 4.78 is 18.1. The molecule has 0 N–H and O–H groups in total. The summed E-state index contributed by atoms with van der Waals surface area (Å²) in [6.45, 7) is 4.12. The van der Waals surface area contributed by atoms with Crippen molar-refractivity contribution in [3.63, 3.8) is 0 Å². The summed E-state index contributed by atoms with van der Waals surface area (Å²) in [5, 5.41) is 27.8. The number of nitrogens with zero attached hydrogens (tertiary/aromatic N) is 4. The number of fused-ring (bicyclic) bond motifs is 15. The van der Waals surface area contributed by atoms with E-state index < -0.39 is 0 Å². The Morgan fingerprint density at radius 2 is 1.57 bits per heavy atom. The molecule has 0 radical (unpaired) electrons. The molecule has 2 atom stereocenters. The summed E-state index contributed by atoms with van der Waals surface area (Å²) in [5.41, 5.74) is 14.2. The first kappa shape index (κ1) is 32.9. The minimum absolute atomic E-state index is 0.0201. The lowest BCUT2D eigenvalue weighted by Gasteiger charge is -2.25. The van der Waals surface area contributed by atoms with Crippen LogP contribution >= 0.6 is 0 Å². The van der Waals surface area contributed by atoms with Crippen LogP contribution in [0, 0.1) is 29.6 Å². The zero-order valence-corrected chi connectivity index (χ0v) is 32.1. The van der Waals surface area contributed by atoms with Crippen molar-refractivity contribution in [1.82, 2.24) is 9.13 Å². The van der Waals surface area contributed by atoms with E-state index in [4.69, 9.17) is 9.15 Å². The molecule has 0 amide bonds. The average molecular weight is 749 g/mol. The monoisotopic (exact) mass is 748 g/mol. The molecule has 6 nitrogen and oxygen atoms in total. The molecule has 6 heteroatoms. The minimum Gasteiger partial charge on any atom is -0.483 e. The number of hydrogen-bond acceptors (Lipinski definition) is 4. The summed E-state index contributed by atoms with van der Waals surface area (Å²) in [6, 6.07) is 34.3. The summed E-state index contributed by atoms with van der Waals surface area (Å²) in [4.78, 5) is 0. The maximum atomic E-state index is 11.1. The van der Waals surface area contributed by atoms with Crippen molar-refractivity contribution in [3.05, 3.63) is 165 Å². The predicted octanol–water partition coefficient (Wildman–Crippen LogP) is 12.9. The fourth-order valence-electron chi connectivity index (χ4n) is 10.6. The van der Waals surface area contributed by atoms with Crippen molar-refractivity contribution in [2.75, 3.05) is 0 Å². The molecule has 276 valence electrons. The van der Waals surface area contributed by atoms with Gasteiger partial charge in [-0.15, -0.1) is 0 Å². The number of ether oxygens (including phenoxy) is 1. The van der Waals surface area contributed by atoms with Crippen molar-refractivity contribution in [1.29, 1.82) is 10.5 Å².